The first-order chi connectivity index (χ1) is 9.79. The van der Waals surface area contributed by atoms with Gasteiger partial charge in [-0.05, 0) is 49.4 Å². The molecule has 0 radical (unpaired) electrons. The van der Waals surface area contributed by atoms with E-state index >= 15 is 0 Å². The Morgan fingerprint density at radius 3 is 2.60 bits per heavy atom. The van der Waals surface area contributed by atoms with Crippen LogP contribution < -0.4 is 4.74 Å². The molecule has 3 heteroatoms. The van der Waals surface area contributed by atoms with Gasteiger partial charge in [-0.25, -0.2) is 0 Å². The number of benzene rings is 1. The van der Waals surface area contributed by atoms with Crippen LogP contribution in [0.5, 0.6) is 5.75 Å². The summed E-state index contributed by atoms with van der Waals surface area (Å²) >= 11 is 0. The molecule has 1 saturated heterocycles. The lowest BCUT2D eigenvalue weighted by atomic mass is 9.92. The summed E-state index contributed by atoms with van der Waals surface area (Å²) in [4.78, 5) is 12.2. The molecule has 1 heterocycles. The second-order valence-electron chi connectivity index (χ2n) is 5.41. The molecule has 20 heavy (non-hydrogen) atoms. The number of hydrogen-bond acceptors (Lipinski definition) is 3. The largest absolute Gasteiger partial charge is 0.494 e. The number of carbonyl (C=O) groups is 1. The van der Waals surface area contributed by atoms with E-state index in [0.29, 0.717) is 12.3 Å². The second kappa shape index (κ2) is 8.05. The van der Waals surface area contributed by atoms with Gasteiger partial charge < -0.3 is 9.47 Å². The van der Waals surface area contributed by atoms with E-state index in [0.717, 1.165) is 56.8 Å². The molecule has 0 unspecified atom stereocenters. The van der Waals surface area contributed by atoms with Gasteiger partial charge >= 0.3 is 0 Å². The zero-order valence-corrected chi connectivity index (χ0v) is 12.3. The van der Waals surface area contributed by atoms with Gasteiger partial charge in [0.1, 0.15) is 5.75 Å². The molecule has 2 rings (SSSR count). The Bertz CT molecular complexity index is 405. The fourth-order valence-corrected chi connectivity index (χ4v) is 2.40. The van der Waals surface area contributed by atoms with Gasteiger partial charge in [0.15, 0.2) is 5.78 Å². The summed E-state index contributed by atoms with van der Waals surface area (Å²) in [6, 6.07) is 7.55. The highest BCUT2D eigenvalue weighted by Crippen LogP contribution is 2.22. The van der Waals surface area contributed by atoms with Crippen molar-refractivity contribution in [3.63, 3.8) is 0 Å². The average Bonchev–Trinajstić information content (AvgIpc) is 2.49. The van der Waals surface area contributed by atoms with E-state index < -0.39 is 0 Å². The van der Waals surface area contributed by atoms with Crippen molar-refractivity contribution in [3.05, 3.63) is 29.8 Å². The zero-order chi connectivity index (χ0) is 14.2. The highest BCUT2D eigenvalue weighted by molar-refractivity contribution is 5.96. The third-order valence-electron chi connectivity index (χ3n) is 3.76. The number of hydrogen-bond donors (Lipinski definition) is 0. The zero-order valence-electron chi connectivity index (χ0n) is 12.3. The van der Waals surface area contributed by atoms with Crippen LogP contribution in [0, 0.1) is 5.92 Å². The third kappa shape index (κ3) is 4.64. The van der Waals surface area contributed by atoms with Gasteiger partial charge in [0.2, 0.25) is 0 Å². The number of rotatable bonds is 7. The van der Waals surface area contributed by atoms with Gasteiger partial charge in [0, 0.05) is 25.2 Å². The molecule has 0 saturated carbocycles. The monoisotopic (exact) mass is 276 g/mol. The number of unbranched alkanes of at least 4 members (excludes halogenated alkanes) is 1. The molecular formula is C17H24O3. The molecule has 1 aromatic rings. The molecular weight excluding hydrogens is 252 g/mol. The minimum absolute atomic E-state index is 0.233. The quantitative estimate of drug-likeness (QED) is 0.560. The van der Waals surface area contributed by atoms with Crippen molar-refractivity contribution in [2.24, 2.45) is 5.92 Å². The van der Waals surface area contributed by atoms with Crippen LogP contribution in [0.1, 0.15) is 49.4 Å². The summed E-state index contributed by atoms with van der Waals surface area (Å²) < 4.78 is 10.9. The third-order valence-corrected chi connectivity index (χ3v) is 3.76. The lowest BCUT2D eigenvalue weighted by molar-refractivity contribution is 0.0601. The van der Waals surface area contributed by atoms with Crippen LogP contribution in [-0.4, -0.2) is 25.6 Å². The lowest BCUT2D eigenvalue weighted by Crippen LogP contribution is -2.18. The molecule has 0 N–H and O–H groups in total. The molecule has 0 amide bonds. The Morgan fingerprint density at radius 1 is 1.25 bits per heavy atom. The van der Waals surface area contributed by atoms with Gasteiger partial charge in [0.05, 0.1) is 6.61 Å². The van der Waals surface area contributed by atoms with E-state index in [1.165, 1.54) is 0 Å². The molecule has 0 atom stereocenters. The van der Waals surface area contributed by atoms with Gasteiger partial charge in [-0.2, -0.15) is 0 Å². The Balaban J connectivity index is 1.83. The van der Waals surface area contributed by atoms with Crippen molar-refractivity contribution < 1.29 is 14.3 Å². The summed E-state index contributed by atoms with van der Waals surface area (Å²) in [5.74, 6) is 1.56. The first-order valence-electron chi connectivity index (χ1n) is 7.63. The number of carbonyl (C=O) groups excluding carboxylic acids is 1. The van der Waals surface area contributed by atoms with Gasteiger partial charge in [-0.3, -0.25) is 4.79 Å². The molecule has 1 aromatic carbocycles. The first-order valence-corrected chi connectivity index (χ1v) is 7.63. The SMILES string of the molecule is CCCCOc1ccc(C(=O)CC2CCOCC2)cc1. The van der Waals surface area contributed by atoms with Crippen molar-refractivity contribution in [1.82, 2.24) is 0 Å². The summed E-state index contributed by atoms with van der Waals surface area (Å²) in [5.41, 5.74) is 0.791. The molecule has 110 valence electrons. The van der Waals surface area contributed by atoms with E-state index in [1.54, 1.807) is 0 Å². The van der Waals surface area contributed by atoms with Crippen LogP contribution in [-0.2, 0) is 4.74 Å². The number of Topliss-reactive ketones (excluding diaryl/α,β-unsaturated/α-hetero) is 1. The van der Waals surface area contributed by atoms with Gasteiger partial charge in [-0.1, -0.05) is 13.3 Å². The predicted molar refractivity (Wildman–Crippen MR) is 79.3 cm³/mol. The Hall–Kier alpha value is -1.35. The van der Waals surface area contributed by atoms with E-state index in [1.807, 2.05) is 24.3 Å². The molecule has 3 nitrogen and oxygen atoms in total. The molecule has 0 spiro atoms. The van der Waals surface area contributed by atoms with Crippen molar-refractivity contribution >= 4 is 5.78 Å². The second-order valence-corrected chi connectivity index (χ2v) is 5.41. The van der Waals surface area contributed by atoms with Crippen LogP contribution in [0.3, 0.4) is 0 Å². The van der Waals surface area contributed by atoms with Crippen molar-refractivity contribution in [2.45, 2.75) is 39.0 Å². The summed E-state index contributed by atoms with van der Waals surface area (Å²) in [6.07, 6.45) is 4.83. The summed E-state index contributed by atoms with van der Waals surface area (Å²) in [6.45, 7) is 4.47. The molecule has 0 aromatic heterocycles. The van der Waals surface area contributed by atoms with E-state index in [9.17, 15) is 4.79 Å². The van der Waals surface area contributed by atoms with Crippen molar-refractivity contribution in [2.75, 3.05) is 19.8 Å². The molecule has 1 fully saturated rings. The van der Waals surface area contributed by atoms with Crippen LogP contribution in [0.2, 0.25) is 0 Å². The average molecular weight is 276 g/mol. The van der Waals surface area contributed by atoms with Crippen LogP contribution in [0.4, 0.5) is 0 Å². The maximum absolute atomic E-state index is 12.2. The van der Waals surface area contributed by atoms with Gasteiger partial charge in [0.25, 0.3) is 0 Å². The maximum Gasteiger partial charge on any atom is 0.163 e. The minimum atomic E-state index is 0.233. The lowest BCUT2D eigenvalue weighted by Gasteiger charge is -2.21. The molecule has 1 aliphatic heterocycles. The van der Waals surface area contributed by atoms with E-state index in [-0.39, 0.29) is 5.78 Å². The van der Waals surface area contributed by atoms with E-state index in [4.69, 9.17) is 9.47 Å². The molecule has 0 aliphatic carbocycles. The van der Waals surface area contributed by atoms with Crippen LogP contribution in [0.15, 0.2) is 24.3 Å². The van der Waals surface area contributed by atoms with E-state index in [2.05, 4.69) is 6.92 Å². The van der Waals surface area contributed by atoms with Crippen molar-refractivity contribution in [1.29, 1.82) is 0 Å². The fourth-order valence-electron chi connectivity index (χ4n) is 2.40. The number of ether oxygens (including phenoxy) is 2. The number of ketones is 1. The highest BCUT2D eigenvalue weighted by Gasteiger charge is 2.18. The minimum Gasteiger partial charge on any atom is -0.494 e. The summed E-state index contributed by atoms with van der Waals surface area (Å²) in [7, 11) is 0. The topological polar surface area (TPSA) is 35.5 Å². The standard InChI is InChI=1S/C17H24O3/c1-2-3-10-20-16-6-4-15(5-7-16)17(18)13-14-8-11-19-12-9-14/h4-7,14H,2-3,8-13H2,1H3. The maximum atomic E-state index is 12.2. The predicted octanol–water partition coefficient (Wildman–Crippen LogP) is 3.86. The summed E-state index contributed by atoms with van der Waals surface area (Å²) in [5, 5.41) is 0. The van der Waals surface area contributed by atoms with Crippen molar-refractivity contribution in [3.8, 4) is 5.75 Å². The Kier molecular flexibility index (Phi) is 6.06. The first kappa shape index (κ1) is 15.0. The normalized spacial score (nSPS) is 16.1. The van der Waals surface area contributed by atoms with Crippen LogP contribution >= 0.6 is 0 Å². The Labute approximate surface area is 121 Å². The smallest absolute Gasteiger partial charge is 0.163 e. The Morgan fingerprint density at radius 2 is 1.95 bits per heavy atom. The fraction of sp³-hybridized carbons (Fsp3) is 0.588. The molecule has 0 bridgehead atoms. The molecule has 1 aliphatic rings. The van der Waals surface area contributed by atoms with Gasteiger partial charge in [-0.15, -0.1) is 0 Å². The van der Waals surface area contributed by atoms with Crippen LogP contribution in [0.25, 0.3) is 0 Å². The highest BCUT2D eigenvalue weighted by atomic mass is 16.5.